The minimum atomic E-state index is -4.73. The zero-order chi connectivity index (χ0) is 23.4. The summed E-state index contributed by atoms with van der Waals surface area (Å²) in [6, 6.07) is 4.91. The van der Waals surface area contributed by atoms with Gasteiger partial charge >= 0.3 is 6.18 Å². The molecule has 3 nitrogen and oxygen atoms in total. The Balaban J connectivity index is 3.64. The number of terminal acetylenes is 1. The van der Waals surface area contributed by atoms with Gasteiger partial charge < -0.3 is 10.2 Å². The van der Waals surface area contributed by atoms with Crippen molar-refractivity contribution in [3.63, 3.8) is 0 Å². The summed E-state index contributed by atoms with van der Waals surface area (Å²) in [6.07, 6.45) is -0.534. The van der Waals surface area contributed by atoms with Crippen molar-refractivity contribution in [2.75, 3.05) is 0 Å². The fourth-order valence-corrected chi connectivity index (χ4v) is 7.08. The van der Waals surface area contributed by atoms with Crippen LogP contribution in [0.25, 0.3) is 0 Å². The third kappa shape index (κ3) is 5.44. The number of nitrogens with two attached hydrogens (primary N) is 1. The molecule has 0 heterocycles. The van der Waals surface area contributed by atoms with Gasteiger partial charge in [0.25, 0.3) is 0 Å². The highest BCUT2D eigenvalue weighted by Gasteiger charge is 2.60. The zero-order valence-corrected chi connectivity index (χ0v) is 19.3. The monoisotopic (exact) mass is 445 g/mol. The molecule has 1 atom stereocenters. The van der Waals surface area contributed by atoms with Crippen LogP contribution in [-0.4, -0.2) is 26.0 Å². The van der Waals surface area contributed by atoms with Gasteiger partial charge in [-0.2, -0.15) is 13.2 Å². The number of halogens is 4. The summed E-state index contributed by atoms with van der Waals surface area (Å²) < 4.78 is 63.3. The lowest BCUT2D eigenvalue weighted by molar-refractivity contribution is -0.257. The Morgan fingerprint density at radius 1 is 1.17 bits per heavy atom. The molecule has 1 rings (SSSR count). The van der Waals surface area contributed by atoms with Crippen LogP contribution in [-0.2, 0) is 9.84 Å². The molecule has 1 amide bonds. The van der Waals surface area contributed by atoms with E-state index in [2.05, 4.69) is 5.92 Å². The van der Waals surface area contributed by atoms with E-state index in [1.807, 2.05) is 20.8 Å². The van der Waals surface area contributed by atoms with Crippen LogP contribution < -0.4 is 5.73 Å². The van der Waals surface area contributed by atoms with E-state index in [0.29, 0.717) is 18.1 Å². The van der Waals surface area contributed by atoms with Gasteiger partial charge in [0.1, 0.15) is 5.82 Å². The van der Waals surface area contributed by atoms with Gasteiger partial charge in [-0.15, -0.1) is 12.3 Å². The topological polar surface area (TPSA) is 52.3 Å². The van der Waals surface area contributed by atoms with E-state index in [1.54, 1.807) is 13.8 Å². The highest BCUT2D eigenvalue weighted by molar-refractivity contribution is 6.73. The average molecular weight is 446 g/mol. The molecule has 0 aliphatic heterocycles. The van der Waals surface area contributed by atoms with E-state index >= 15 is 0 Å². The molecule has 0 saturated heterocycles. The van der Waals surface area contributed by atoms with Crippen molar-refractivity contribution in [2.24, 2.45) is 5.73 Å². The van der Waals surface area contributed by atoms with Crippen molar-refractivity contribution in [1.82, 2.24) is 0 Å². The van der Waals surface area contributed by atoms with Crippen LogP contribution in [0.5, 0.6) is 0 Å². The Labute approximate surface area is 177 Å². The number of carbonyl (C=O) groups is 1. The second-order valence-electron chi connectivity index (χ2n) is 8.33. The highest BCUT2D eigenvalue weighted by Crippen LogP contribution is 2.48. The molecular formula is C22H31F4NO2Si. The molecule has 0 spiro atoms. The first-order chi connectivity index (χ1) is 13.7. The first-order valence-electron chi connectivity index (χ1n) is 10.0. The Bertz CT molecular complexity index is 789. The third-order valence-electron chi connectivity index (χ3n) is 5.95. The van der Waals surface area contributed by atoms with E-state index in [0.717, 1.165) is 12.1 Å². The first kappa shape index (κ1) is 26.2. The quantitative estimate of drug-likeness (QED) is 0.275. The molecule has 0 unspecified atom stereocenters. The standard InChI is InChI=1S/C22H31F4NO2Si/c1-7-13-21(22(24,25)26,29-30(8-2,9-3)10-4)15-20(5,6)18-12-11-16(23)14-17(18)19(27)28/h1,11-12,14H,8-10,13,15H2,2-6H3,(H2,27,28)/t21-/m1/s1. The summed E-state index contributed by atoms with van der Waals surface area (Å²) in [5.74, 6) is 0.552. The lowest BCUT2D eigenvalue weighted by Gasteiger charge is -2.46. The number of primary amides is 1. The van der Waals surface area contributed by atoms with Crippen LogP contribution in [0.2, 0.25) is 18.1 Å². The normalized spacial score (nSPS) is 14.8. The summed E-state index contributed by atoms with van der Waals surface area (Å²) in [7, 11) is -2.71. The average Bonchev–Trinajstić information content (AvgIpc) is 2.64. The maximum Gasteiger partial charge on any atom is 0.417 e. The second-order valence-corrected chi connectivity index (χ2v) is 13.0. The molecule has 0 radical (unpaired) electrons. The third-order valence-corrected chi connectivity index (χ3v) is 10.6. The zero-order valence-electron chi connectivity index (χ0n) is 18.3. The van der Waals surface area contributed by atoms with E-state index in [4.69, 9.17) is 16.6 Å². The van der Waals surface area contributed by atoms with Crippen LogP contribution in [0, 0.1) is 18.2 Å². The second kappa shape index (κ2) is 9.52. The summed E-state index contributed by atoms with van der Waals surface area (Å²) >= 11 is 0. The Kier molecular flexibility index (Phi) is 8.31. The van der Waals surface area contributed by atoms with E-state index < -0.39 is 50.1 Å². The molecule has 2 N–H and O–H groups in total. The number of carbonyl (C=O) groups excluding carboxylic acids is 1. The van der Waals surface area contributed by atoms with Gasteiger partial charge in [-0.25, -0.2) is 4.39 Å². The molecule has 0 saturated carbocycles. The van der Waals surface area contributed by atoms with Gasteiger partial charge in [0.15, 0.2) is 13.9 Å². The molecule has 0 aromatic heterocycles. The van der Waals surface area contributed by atoms with Crippen LogP contribution in [0.3, 0.4) is 0 Å². The van der Waals surface area contributed by atoms with Crippen molar-refractivity contribution in [2.45, 2.75) is 82.8 Å². The van der Waals surface area contributed by atoms with Crippen molar-refractivity contribution in [1.29, 1.82) is 0 Å². The van der Waals surface area contributed by atoms with Crippen LogP contribution in [0.15, 0.2) is 18.2 Å². The van der Waals surface area contributed by atoms with Gasteiger partial charge in [0, 0.05) is 12.0 Å². The van der Waals surface area contributed by atoms with Crippen molar-refractivity contribution >= 4 is 14.2 Å². The number of benzene rings is 1. The van der Waals surface area contributed by atoms with Crippen LogP contribution in [0.1, 0.15) is 63.4 Å². The molecule has 0 bridgehead atoms. The maximum absolute atomic E-state index is 14.5. The Morgan fingerprint density at radius 3 is 2.10 bits per heavy atom. The number of hydrogen-bond acceptors (Lipinski definition) is 2. The van der Waals surface area contributed by atoms with Crippen LogP contribution in [0.4, 0.5) is 17.6 Å². The van der Waals surface area contributed by atoms with E-state index in [-0.39, 0.29) is 11.1 Å². The van der Waals surface area contributed by atoms with Crippen LogP contribution >= 0.6 is 0 Å². The fourth-order valence-electron chi connectivity index (χ4n) is 4.06. The molecule has 0 aliphatic carbocycles. The first-order valence-corrected chi connectivity index (χ1v) is 12.6. The lowest BCUT2D eigenvalue weighted by Crippen LogP contribution is -2.57. The lowest BCUT2D eigenvalue weighted by atomic mass is 9.72. The van der Waals surface area contributed by atoms with Crippen molar-refractivity contribution in [3.05, 3.63) is 35.1 Å². The fraction of sp³-hybridized carbons (Fsp3) is 0.591. The number of alkyl halides is 3. The summed E-state index contributed by atoms with van der Waals surface area (Å²) in [5.41, 5.74) is 1.64. The molecule has 0 aliphatic rings. The van der Waals surface area contributed by atoms with Gasteiger partial charge in [-0.05, 0) is 47.7 Å². The predicted molar refractivity (Wildman–Crippen MR) is 113 cm³/mol. The molecule has 1 aromatic carbocycles. The SMILES string of the molecule is C#CC[C@](CC(C)(C)c1ccc(F)cc1C(N)=O)(O[Si](CC)(CC)CC)C(F)(F)F. The number of rotatable bonds is 10. The van der Waals surface area contributed by atoms with Gasteiger partial charge in [0.05, 0.1) is 0 Å². The van der Waals surface area contributed by atoms with Gasteiger partial charge in [0.2, 0.25) is 5.91 Å². The molecule has 168 valence electrons. The molecule has 0 fully saturated rings. The van der Waals surface area contributed by atoms with E-state index in [9.17, 15) is 22.4 Å². The largest absolute Gasteiger partial charge is 0.417 e. The summed E-state index contributed by atoms with van der Waals surface area (Å²) in [5, 5.41) is 0. The maximum atomic E-state index is 14.5. The minimum absolute atomic E-state index is 0.151. The summed E-state index contributed by atoms with van der Waals surface area (Å²) in [4.78, 5) is 11.9. The Hall–Kier alpha value is -1.85. The van der Waals surface area contributed by atoms with Crippen molar-refractivity contribution < 1.29 is 26.8 Å². The smallest absolute Gasteiger partial charge is 0.402 e. The molecule has 30 heavy (non-hydrogen) atoms. The summed E-state index contributed by atoms with van der Waals surface area (Å²) in [6.45, 7) is 8.63. The molecular weight excluding hydrogens is 414 g/mol. The van der Waals surface area contributed by atoms with E-state index in [1.165, 1.54) is 6.07 Å². The van der Waals surface area contributed by atoms with Gasteiger partial charge in [-0.3, -0.25) is 4.79 Å². The number of hydrogen-bond donors (Lipinski definition) is 1. The minimum Gasteiger partial charge on any atom is -0.402 e. The molecule has 8 heteroatoms. The Morgan fingerprint density at radius 2 is 1.70 bits per heavy atom. The predicted octanol–water partition coefficient (Wildman–Crippen LogP) is 5.94. The van der Waals surface area contributed by atoms with Crippen molar-refractivity contribution in [3.8, 4) is 12.3 Å². The highest BCUT2D eigenvalue weighted by atomic mass is 28.4. The van der Waals surface area contributed by atoms with Gasteiger partial charge in [-0.1, -0.05) is 40.7 Å². The molecule has 1 aromatic rings. The number of amides is 1.